The molecule has 2 aromatic heterocycles. The summed E-state index contributed by atoms with van der Waals surface area (Å²) in [5, 5.41) is 5.25. The van der Waals surface area contributed by atoms with Gasteiger partial charge in [-0.05, 0) is 65.2 Å². The van der Waals surface area contributed by atoms with E-state index >= 15 is 0 Å². The Morgan fingerprint density at radius 3 is 2.53 bits per heavy atom. The van der Waals surface area contributed by atoms with E-state index in [0.29, 0.717) is 17.1 Å². The molecule has 154 valence electrons. The molecule has 3 aromatic carbocycles. The molecule has 0 atom stereocenters. The lowest BCUT2D eigenvalue weighted by atomic mass is 10.0. The highest BCUT2D eigenvalue weighted by Crippen LogP contribution is 2.30. The number of benzene rings is 3. The molecule has 0 saturated carbocycles. The zero-order valence-corrected chi connectivity index (χ0v) is 17.6. The molecule has 0 spiro atoms. The average molecular weight is 438 g/mol. The molecule has 32 heavy (non-hydrogen) atoms. The van der Waals surface area contributed by atoms with Gasteiger partial charge in [0.25, 0.3) is 11.5 Å². The predicted molar refractivity (Wildman–Crippen MR) is 126 cm³/mol. The summed E-state index contributed by atoms with van der Waals surface area (Å²) < 4.78 is 1.70. The molecular weight excluding hydrogens is 422 g/mol. The topological polar surface area (TPSA) is 64.0 Å². The zero-order chi connectivity index (χ0) is 21.8. The van der Waals surface area contributed by atoms with Gasteiger partial charge in [-0.3, -0.25) is 19.1 Å². The fourth-order valence-corrected chi connectivity index (χ4v) is 4.47. The van der Waals surface area contributed by atoms with Crippen LogP contribution in [0, 0.1) is 0 Å². The van der Waals surface area contributed by atoms with Gasteiger partial charge in [-0.25, -0.2) is 0 Å². The van der Waals surface area contributed by atoms with E-state index in [2.05, 4.69) is 16.4 Å². The Hall–Kier alpha value is -3.96. The molecule has 3 heterocycles. The first-order valence-corrected chi connectivity index (χ1v) is 10.6. The van der Waals surface area contributed by atoms with Gasteiger partial charge in [0.05, 0.1) is 11.0 Å². The highest BCUT2D eigenvalue weighted by atomic mass is 35.5. The fraction of sp³-hybridized carbons (Fsp3) is 0.0385. The van der Waals surface area contributed by atoms with Gasteiger partial charge in [-0.1, -0.05) is 29.8 Å². The van der Waals surface area contributed by atoms with E-state index in [-0.39, 0.29) is 11.5 Å². The molecule has 0 bridgehead atoms. The van der Waals surface area contributed by atoms with Crippen molar-refractivity contribution < 1.29 is 4.79 Å². The van der Waals surface area contributed by atoms with Crippen molar-refractivity contribution in [3.8, 4) is 16.8 Å². The summed E-state index contributed by atoms with van der Waals surface area (Å²) in [6.07, 6.45) is 1.79. The van der Waals surface area contributed by atoms with E-state index in [1.165, 1.54) is 0 Å². The number of nitrogens with zero attached hydrogens (tertiary/aromatic N) is 2. The Bertz CT molecular complexity index is 1620. The Balaban J connectivity index is 1.66. The van der Waals surface area contributed by atoms with Crippen LogP contribution in [0.2, 0.25) is 5.02 Å². The van der Waals surface area contributed by atoms with Crippen LogP contribution in [0.15, 0.2) is 83.8 Å². The molecular formula is C26H16ClN3O2. The van der Waals surface area contributed by atoms with Gasteiger partial charge < -0.3 is 5.32 Å². The van der Waals surface area contributed by atoms with E-state index < -0.39 is 0 Å². The molecule has 5 nitrogen and oxygen atoms in total. The normalized spacial score (nSPS) is 12.8. The van der Waals surface area contributed by atoms with Crippen LogP contribution >= 0.6 is 11.6 Å². The highest BCUT2D eigenvalue weighted by Gasteiger charge is 2.20. The van der Waals surface area contributed by atoms with Crippen molar-refractivity contribution in [2.24, 2.45) is 0 Å². The summed E-state index contributed by atoms with van der Waals surface area (Å²) in [7, 11) is 0. The number of carbonyl (C=O) groups excluding carboxylic acids is 1. The van der Waals surface area contributed by atoms with Gasteiger partial charge in [0.15, 0.2) is 0 Å². The number of aromatic nitrogens is 2. The molecule has 0 fully saturated rings. The maximum Gasteiger partial charge on any atom is 0.255 e. The van der Waals surface area contributed by atoms with Crippen LogP contribution in [0.1, 0.15) is 15.9 Å². The smallest absolute Gasteiger partial charge is 0.255 e. The predicted octanol–water partition coefficient (Wildman–Crippen LogP) is 5.10. The minimum atomic E-state index is -0.140. The van der Waals surface area contributed by atoms with Crippen LogP contribution < -0.4 is 10.9 Å². The summed E-state index contributed by atoms with van der Waals surface area (Å²) >= 11 is 6.05. The molecule has 0 saturated heterocycles. The molecule has 0 radical (unpaired) electrons. The van der Waals surface area contributed by atoms with Crippen molar-refractivity contribution in [1.82, 2.24) is 14.9 Å². The number of rotatable bonds is 2. The molecule has 1 N–H and O–H groups in total. The first-order chi connectivity index (χ1) is 15.6. The number of halogens is 1. The average Bonchev–Trinajstić information content (AvgIpc) is 3.19. The van der Waals surface area contributed by atoms with Gasteiger partial charge in [-0.15, -0.1) is 0 Å². The van der Waals surface area contributed by atoms with E-state index in [9.17, 15) is 9.59 Å². The van der Waals surface area contributed by atoms with Crippen LogP contribution in [0.5, 0.6) is 0 Å². The lowest BCUT2D eigenvalue weighted by molar-refractivity contribution is 0.0966. The Labute approximate surface area is 187 Å². The fourth-order valence-electron chi connectivity index (χ4n) is 4.35. The summed E-state index contributed by atoms with van der Waals surface area (Å²) in [4.78, 5) is 29.6. The number of nitrogens with one attached hydrogen (secondary N) is 1. The number of amides is 1. The first kappa shape index (κ1) is 18.8. The van der Waals surface area contributed by atoms with Crippen molar-refractivity contribution in [3.05, 3.63) is 105 Å². The van der Waals surface area contributed by atoms with E-state index in [1.807, 2.05) is 48.5 Å². The first-order valence-electron chi connectivity index (χ1n) is 10.2. The molecule has 1 aliphatic rings. The van der Waals surface area contributed by atoms with Crippen LogP contribution in [0.4, 0.5) is 0 Å². The maximum atomic E-state index is 13.1. The molecule has 1 aliphatic heterocycles. The van der Waals surface area contributed by atoms with Crippen LogP contribution in [-0.2, 0) is 6.54 Å². The number of hydrogen-bond donors (Lipinski definition) is 1. The standard InChI is InChI=1S/C26H16ClN3O2/c27-19-5-1-15(2-6-19)16-3-9-23-22(12-16)25-17(13-28-23)4-10-24(31)30(25)20-7-8-21-18(11-20)14-29-26(21)32/h1-13H,14H2,(H,29,32). The Morgan fingerprint density at radius 1 is 0.875 bits per heavy atom. The number of pyridine rings is 2. The van der Waals surface area contributed by atoms with Crippen molar-refractivity contribution in [2.45, 2.75) is 6.54 Å². The highest BCUT2D eigenvalue weighted by molar-refractivity contribution is 6.30. The van der Waals surface area contributed by atoms with E-state index in [1.54, 1.807) is 29.0 Å². The van der Waals surface area contributed by atoms with Gasteiger partial charge in [-0.2, -0.15) is 0 Å². The monoisotopic (exact) mass is 437 g/mol. The third-order valence-corrected chi connectivity index (χ3v) is 6.18. The summed E-state index contributed by atoms with van der Waals surface area (Å²) in [5.41, 5.74) is 5.74. The number of fused-ring (bicyclic) bond motifs is 4. The summed E-state index contributed by atoms with van der Waals surface area (Å²) in [6.45, 7) is 0.463. The largest absolute Gasteiger partial charge is 0.348 e. The minimum Gasteiger partial charge on any atom is -0.348 e. The third-order valence-electron chi connectivity index (χ3n) is 5.93. The van der Waals surface area contributed by atoms with Crippen LogP contribution in [-0.4, -0.2) is 15.5 Å². The van der Waals surface area contributed by atoms with Gasteiger partial charge in [0.2, 0.25) is 0 Å². The van der Waals surface area contributed by atoms with E-state index in [4.69, 9.17) is 11.6 Å². The lowest BCUT2D eigenvalue weighted by Crippen LogP contribution is -2.18. The molecule has 6 rings (SSSR count). The molecule has 0 unspecified atom stereocenters. The Kier molecular flexibility index (Phi) is 4.13. The van der Waals surface area contributed by atoms with Crippen molar-refractivity contribution >= 4 is 39.3 Å². The lowest BCUT2D eigenvalue weighted by Gasteiger charge is -2.14. The third kappa shape index (κ3) is 2.90. The number of hydrogen-bond acceptors (Lipinski definition) is 3. The Morgan fingerprint density at radius 2 is 1.69 bits per heavy atom. The summed E-state index contributed by atoms with van der Waals surface area (Å²) in [5.74, 6) is -0.0842. The van der Waals surface area contributed by atoms with E-state index in [0.717, 1.165) is 44.2 Å². The number of carbonyl (C=O) groups is 1. The van der Waals surface area contributed by atoms with Crippen LogP contribution in [0.25, 0.3) is 38.6 Å². The second-order valence-electron chi connectivity index (χ2n) is 7.83. The van der Waals surface area contributed by atoms with Crippen molar-refractivity contribution in [3.63, 3.8) is 0 Å². The van der Waals surface area contributed by atoms with Gasteiger partial charge >= 0.3 is 0 Å². The molecule has 5 aromatic rings. The second-order valence-corrected chi connectivity index (χ2v) is 8.27. The van der Waals surface area contributed by atoms with Crippen molar-refractivity contribution in [1.29, 1.82) is 0 Å². The quantitative estimate of drug-likeness (QED) is 0.391. The van der Waals surface area contributed by atoms with Crippen LogP contribution in [0.3, 0.4) is 0 Å². The SMILES string of the molecule is O=C1NCc2cc(-n3c(=O)ccc4cnc5ccc(-c6ccc(Cl)cc6)cc5c43)ccc21. The van der Waals surface area contributed by atoms with Gasteiger partial charge in [0.1, 0.15) is 0 Å². The molecule has 0 aliphatic carbocycles. The van der Waals surface area contributed by atoms with Crippen molar-refractivity contribution in [2.75, 3.05) is 0 Å². The van der Waals surface area contributed by atoms with Gasteiger partial charge in [0, 0.05) is 45.9 Å². The minimum absolute atomic E-state index is 0.0842. The zero-order valence-electron chi connectivity index (χ0n) is 16.8. The molecule has 6 heteroatoms. The molecule has 1 amide bonds. The maximum absolute atomic E-state index is 13.1. The summed E-state index contributed by atoms with van der Waals surface area (Å²) in [6, 6.07) is 22.6. The second kappa shape index (κ2) is 7.04.